The highest BCUT2D eigenvalue weighted by atomic mass is 16.5. The van der Waals surface area contributed by atoms with E-state index in [0.29, 0.717) is 24.6 Å². The standard InChI is InChI=1S/C23H34N4O3/c1-6-30-22(28)20-19(15-27-13-11-25(4)12-14-27)26(5)23(29)24-21(20)18-9-7-17(8-10-18)16(2)3/h7-10,16,21H,6,11-15H2,1-5H3,(H,24,29)/t21-/m1/s1. The van der Waals surface area contributed by atoms with Gasteiger partial charge in [0.25, 0.3) is 0 Å². The summed E-state index contributed by atoms with van der Waals surface area (Å²) in [5, 5.41) is 3.00. The van der Waals surface area contributed by atoms with E-state index in [9.17, 15) is 9.59 Å². The summed E-state index contributed by atoms with van der Waals surface area (Å²) in [5.41, 5.74) is 3.35. The molecular formula is C23H34N4O3. The number of nitrogens with zero attached hydrogens (tertiary/aromatic N) is 3. The third-order valence-electron chi connectivity index (χ3n) is 5.98. The second-order valence-electron chi connectivity index (χ2n) is 8.42. The van der Waals surface area contributed by atoms with Gasteiger partial charge >= 0.3 is 12.0 Å². The number of esters is 1. The minimum absolute atomic E-state index is 0.204. The molecule has 0 saturated carbocycles. The number of hydrogen-bond donors (Lipinski definition) is 1. The Morgan fingerprint density at radius 2 is 1.77 bits per heavy atom. The average molecular weight is 415 g/mol. The molecule has 7 heteroatoms. The van der Waals surface area contributed by atoms with Gasteiger partial charge in [0.2, 0.25) is 0 Å². The third kappa shape index (κ3) is 4.84. The summed E-state index contributed by atoms with van der Waals surface area (Å²) in [6, 6.07) is 7.40. The van der Waals surface area contributed by atoms with Crippen molar-refractivity contribution in [3.63, 3.8) is 0 Å². The fourth-order valence-corrected chi connectivity index (χ4v) is 3.94. The lowest BCUT2D eigenvalue weighted by Gasteiger charge is -2.39. The first kappa shape index (κ1) is 22.3. The minimum atomic E-state index is -0.517. The number of likely N-dealkylation sites (N-methyl/N-ethyl adjacent to an activating group) is 2. The highest BCUT2D eigenvalue weighted by Gasteiger charge is 2.37. The van der Waals surface area contributed by atoms with E-state index in [1.165, 1.54) is 5.56 Å². The van der Waals surface area contributed by atoms with Crippen LogP contribution >= 0.6 is 0 Å². The summed E-state index contributed by atoms with van der Waals surface area (Å²) < 4.78 is 5.41. The first-order valence-electron chi connectivity index (χ1n) is 10.8. The van der Waals surface area contributed by atoms with Gasteiger partial charge in [-0.25, -0.2) is 9.59 Å². The normalized spacial score (nSPS) is 21.2. The number of carbonyl (C=O) groups excluding carboxylic acids is 2. The minimum Gasteiger partial charge on any atom is -0.463 e. The largest absolute Gasteiger partial charge is 0.463 e. The number of amides is 2. The first-order valence-corrected chi connectivity index (χ1v) is 10.8. The monoisotopic (exact) mass is 414 g/mol. The van der Waals surface area contributed by atoms with Crippen LogP contribution in [0.2, 0.25) is 0 Å². The predicted octanol–water partition coefficient (Wildman–Crippen LogP) is 2.57. The summed E-state index contributed by atoms with van der Waals surface area (Å²) in [5.74, 6) is 0.0467. The van der Waals surface area contributed by atoms with Crippen LogP contribution in [0.25, 0.3) is 0 Å². The first-order chi connectivity index (χ1) is 14.3. The zero-order valence-electron chi connectivity index (χ0n) is 18.8. The quantitative estimate of drug-likeness (QED) is 0.725. The summed E-state index contributed by atoms with van der Waals surface area (Å²) in [4.78, 5) is 32.0. The van der Waals surface area contributed by atoms with Crippen LogP contribution < -0.4 is 5.32 Å². The molecule has 2 aliphatic rings. The molecule has 164 valence electrons. The van der Waals surface area contributed by atoms with Crippen molar-refractivity contribution in [2.24, 2.45) is 0 Å². The topological polar surface area (TPSA) is 65.1 Å². The molecular weight excluding hydrogens is 380 g/mol. The number of rotatable bonds is 6. The molecule has 1 N–H and O–H groups in total. The molecule has 2 heterocycles. The highest BCUT2D eigenvalue weighted by molar-refractivity contribution is 5.95. The van der Waals surface area contributed by atoms with Gasteiger partial charge in [-0.15, -0.1) is 0 Å². The average Bonchev–Trinajstić information content (AvgIpc) is 2.73. The van der Waals surface area contributed by atoms with Gasteiger partial charge in [0.15, 0.2) is 0 Å². The number of nitrogens with one attached hydrogen (secondary N) is 1. The zero-order valence-corrected chi connectivity index (χ0v) is 18.8. The van der Waals surface area contributed by atoms with Crippen LogP contribution in [0.3, 0.4) is 0 Å². The van der Waals surface area contributed by atoms with Crippen molar-refractivity contribution in [2.45, 2.75) is 32.7 Å². The lowest BCUT2D eigenvalue weighted by Crippen LogP contribution is -2.51. The van der Waals surface area contributed by atoms with Crippen molar-refractivity contribution in [3.05, 3.63) is 46.7 Å². The lowest BCUT2D eigenvalue weighted by atomic mass is 9.92. The van der Waals surface area contributed by atoms with E-state index >= 15 is 0 Å². The Balaban J connectivity index is 1.99. The van der Waals surface area contributed by atoms with Gasteiger partial charge in [-0.1, -0.05) is 38.1 Å². The maximum atomic E-state index is 13.0. The van der Waals surface area contributed by atoms with E-state index in [1.807, 2.05) is 12.1 Å². The van der Waals surface area contributed by atoms with Crippen LogP contribution in [0.1, 0.15) is 43.9 Å². The maximum Gasteiger partial charge on any atom is 0.338 e. The Hall–Kier alpha value is -2.38. The Kier molecular flexibility index (Phi) is 7.15. The Morgan fingerprint density at radius 3 is 2.33 bits per heavy atom. The van der Waals surface area contributed by atoms with Crippen LogP contribution in [-0.2, 0) is 9.53 Å². The molecule has 1 aromatic carbocycles. The van der Waals surface area contributed by atoms with E-state index in [4.69, 9.17) is 4.74 Å². The number of urea groups is 1. The van der Waals surface area contributed by atoms with Gasteiger partial charge in [-0.3, -0.25) is 9.80 Å². The van der Waals surface area contributed by atoms with Crippen LogP contribution in [0, 0.1) is 0 Å². The van der Waals surface area contributed by atoms with Gasteiger partial charge in [0, 0.05) is 45.5 Å². The number of ether oxygens (including phenoxy) is 1. The molecule has 1 fully saturated rings. The summed E-state index contributed by atoms with van der Waals surface area (Å²) in [6.45, 7) is 10.7. The smallest absolute Gasteiger partial charge is 0.338 e. The fourth-order valence-electron chi connectivity index (χ4n) is 3.94. The maximum absolute atomic E-state index is 13.0. The predicted molar refractivity (Wildman–Crippen MR) is 117 cm³/mol. The van der Waals surface area contributed by atoms with Crippen molar-refractivity contribution in [2.75, 3.05) is 53.4 Å². The number of carbonyl (C=O) groups is 2. The molecule has 2 aliphatic heterocycles. The summed E-state index contributed by atoms with van der Waals surface area (Å²) in [6.07, 6.45) is 0. The molecule has 0 aromatic heterocycles. The summed E-state index contributed by atoms with van der Waals surface area (Å²) in [7, 11) is 3.83. The van der Waals surface area contributed by atoms with Crippen LogP contribution in [-0.4, -0.2) is 80.1 Å². The van der Waals surface area contributed by atoms with Gasteiger partial charge < -0.3 is 15.0 Å². The van der Waals surface area contributed by atoms with E-state index in [0.717, 1.165) is 37.4 Å². The zero-order chi connectivity index (χ0) is 21.8. The molecule has 3 rings (SSSR count). The van der Waals surface area contributed by atoms with Crippen molar-refractivity contribution in [3.8, 4) is 0 Å². The van der Waals surface area contributed by atoms with E-state index in [2.05, 4.69) is 48.1 Å². The SMILES string of the molecule is CCOC(=O)C1=C(CN2CCN(C)CC2)N(C)C(=O)N[C@@H]1c1ccc(C(C)C)cc1. The van der Waals surface area contributed by atoms with Crippen molar-refractivity contribution in [1.29, 1.82) is 0 Å². The summed E-state index contributed by atoms with van der Waals surface area (Å²) >= 11 is 0. The lowest BCUT2D eigenvalue weighted by molar-refractivity contribution is -0.139. The molecule has 0 unspecified atom stereocenters. The molecule has 7 nitrogen and oxygen atoms in total. The molecule has 1 atom stereocenters. The number of piperazine rings is 1. The second-order valence-corrected chi connectivity index (χ2v) is 8.42. The molecule has 0 spiro atoms. The van der Waals surface area contributed by atoms with Gasteiger partial charge in [0.1, 0.15) is 0 Å². The molecule has 0 bridgehead atoms. The van der Waals surface area contributed by atoms with Gasteiger partial charge in [-0.05, 0) is 31.0 Å². The fraction of sp³-hybridized carbons (Fsp3) is 0.565. The van der Waals surface area contributed by atoms with Crippen LogP contribution in [0.4, 0.5) is 4.79 Å². The van der Waals surface area contributed by atoms with Crippen LogP contribution in [0.5, 0.6) is 0 Å². The highest BCUT2D eigenvalue weighted by Crippen LogP contribution is 2.32. The number of hydrogen-bond acceptors (Lipinski definition) is 5. The van der Waals surface area contributed by atoms with Crippen molar-refractivity contribution >= 4 is 12.0 Å². The molecule has 1 aromatic rings. The van der Waals surface area contributed by atoms with Crippen molar-refractivity contribution in [1.82, 2.24) is 20.0 Å². The Morgan fingerprint density at radius 1 is 1.13 bits per heavy atom. The molecule has 0 aliphatic carbocycles. The number of benzene rings is 1. The van der Waals surface area contributed by atoms with E-state index < -0.39 is 6.04 Å². The van der Waals surface area contributed by atoms with Gasteiger partial charge in [0.05, 0.1) is 18.2 Å². The Labute approximate surface area is 179 Å². The molecule has 0 radical (unpaired) electrons. The van der Waals surface area contributed by atoms with E-state index in [1.54, 1.807) is 18.9 Å². The third-order valence-corrected chi connectivity index (χ3v) is 5.98. The van der Waals surface area contributed by atoms with E-state index in [-0.39, 0.29) is 12.0 Å². The molecule has 2 amide bonds. The van der Waals surface area contributed by atoms with Crippen LogP contribution in [0.15, 0.2) is 35.5 Å². The van der Waals surface area contributed by atoms with Crippen molar-refractivity contribution < 1.29 is 14.3 Å². The molecule has 30 heavy (non-hydrogen) atoms. The van der Waals surface area contributed by atoms with Gasteiger partial charge in [-0.2, -0.15) is 0 Å². The Bertz CT molecular complexity index is 795. The second kappa shape index (κ2) is 9.62. The molecule has 1 saturated heterocycles.